The lowest BCUT2D eigenvalue weighted by Gasteiger charge is -2.06. The minimum Gasteiger partial charge on any atom is -0.327 e. The van der Waals surface area contributed by atoms with Gasteiger partial charge in [0.1, 0.15) is 5.82 Å². The summed E-state index contributed by atoms with van der Waals surface area (Å²) in [6.45, 7) is 0.408. The van der Waals surface area contributed by atoms with E-state index in [1.807, 2.05) is 12.1 Å². The topological polar surface area (TPSA) is 43.8 Å². The lowest BCUT2D eigenvalue weighted by atomic mass is 10.1. The van der Waals surface area contributed by atoms with Gasteiger partial charge in [-0.3, -0.25) is 0 Å². The van der Waals surface area contributed by atoms with Crippen molar-refractivity contribution in [2.75, 3.05) is 0 Å². The second kappa shape index (κ2) is 4.63. The molecule has 0 bridgehead atoms. The normalized spacial score (nSPS) is 15.6. The molecule has 6 heteroatoms. The quantitative estimate of drug-likeness (QED) is 0.937. The Bertz CT molecular complexity index is 610. The van der Waals surface area contributed by atoms with Crippen molar-refractivity contribution in [2.24, 2.45) is 5.73 Å². The molecular weight excluding hydrogens is 267 g/mol. The van der Waals surface area contributed by atoms with Gasteiger partial charge in [0.25, 0.3) is 0 Å². The number of rotatable bonds is 3. The third-order valence-corrected chi connectivity index (χ3v) is 3.41. The smallest absolute Gasteiger partial charge is 0.327 e. The van der Waals surface area contributed by atoms with Crippen LogP contribution in [0.1, 0.15) is 30.1 Å². The Kier molecular flexibility index (Phi) is 3.05. The van der Waals surface area contributed by atoms with Gasteiger partial charge in [0.05, 0.1) is 0 Å². The van der Waals surface area contributed by atoms with E-state index in [0.717, 1.165) is 24.6 Å². The fourth-order valence-corrected chi connectivity index (χ4v) is 2.16. The van der Waals surface area contributed by atoms with Gasteiger partial charge in [-0.2, -0.15) is 13.2 Å². The van der Waals surface area contributed by atoms with Crippen molar-refractivity contribution < 1.29 is 13.2 Å². The molecule has 0 atom stereocenters. The molecule has 2 aromatic rings. The highest BCUT2D eigenvalue weighted by atomic mass is 19.4. The molecule has 1 aromatic heterocycles. The van der Waals surface area contributed by atoms with E-state index in [4.69, 9.17) is 5.73 Å². The van der Waals surface area contributed by atoms with E-state index < -0.39 is 11.9 Å². The van der Waals surface area contributed by atoms with Gasteiger partial charge in [0.2, 0.25) is 0 Å². The molecule has 1 heterocycles. The monoisotopic (exact) mass is 281 g/mol. The molecule has 106 valence electrons. The highest BCUT2D eigenvalue weighted by molar-refractivity contribution is 5.57. The van der Waals surface area contributed by atoms with Crippen molar-refractivity contribution in [3.8, 4) is 11.4 Å². The summed E-state index contributed by atoms with van der Waals surface area (Å²) in [6, 6.07) is 7.30. The Balaban J connectivity index is 2.04. The number of alkyl halides is 3. The van der Waals surface area contributed by atoms with Crippen molar-refractivity contribution in [3.05, 3.63) is 41.7 Å². The second-order valence-corrected chi connectivity index (χ2v) is 4.99. The predicted octanol–water partition coefficient (Wildman–Crippen LogP) is 3.36. The van der Waals surface area contributed by atoms with Gasteiger partial charge in [0, 0.05) is 24.3 Å². The first-order valence-electron chi connectivity index (χ1n) is 6.44. The van der Waals surface area contributed by atoms with Crippen LogP contribution in [-0.2, 0) is 12.7 Å². The Morgan fingerprint density at radius 1 is 1.20 bits per heavy atom. The Morgan fingerprint density at radius 3 is 2.35 bits per heavy atom. The third kappa shape index (κ3) is 2.43. The van der Waals surface area contributed by atoms with Crippen molar-refractivity contribution >= 4 is 0 Å². The maximum absolute atomic E-state index is 12.8. The number of hydrogen-bond donors (Lipinski definition) is 1. The number of benzene rings is 1. The summed E-state index contributed by atoms with van der Waals surface area (Å²) in [7, 11) is 0. The number of nitrogens with two attached hydrogens (primary N) is 1. The van der Waals surface area contributed by atoms with E-state index in [1.165, 1.54) is 0 Å². The number of halogens is 3. The maximum Gasteiger partial charge on any atom is 0.434 e. The van der Waals surface area contributed by atoms with Gasteiger partial charge in [0.15, 0.2) is 5.69 Å². The van der Waals surface area contributed by atoms with E-state index in [9.17, 15) is 13.2 Å². The van der Waals surface area contributed by atoms with E-state index in [0.29, 0.717) is 17.9 Å². The number of nitrogens with zero attached hydrogens (tertiary/aromatic N) is 2. The summed E-state index contributed by atoms with van der Waals surface area (Å²) >= 11 is 0. The fourth-order valence-electron chi connectivity index (χ4n) is 2.16. The zero-order valence-corrected chi connectivity index (χ0v) is 10.7. The SMILES string of the molecule is NCc1ccc(-c2nc(C(F)(F)F)cn2C2CC2)cc1. The van der Waals surface area contributed by atoms with Crippen molar-refractivity contribution in [3.63, 3.8) is 0 Å². The highest BCUT2D eigenvalue weighted by Crippen LogP contribution is 2.40. The molecule has 0 saturated heterocycles. The van der Waals surface area contributed by atoms with Crippen LogP contribution in [0.2, 0.25) is 0 Å². The first-order chi connectivity index (χ1) is 9.49. The molecule has 20 heavy (non-hydrogen) atoms. The van der Waals surface area contributed by atoms with Crippen LogP contribution >= 0.6 is 0 Å². The molecule has 1 aliphatic rings. The van der Waals surface area contributed by atoms with Crippen LogP contribution in [-0.4, -0.2) is 9.55 Å². The lowest BCUT2D eigenvalue weighted by molar-refractivity contribution is -0.140. The van der Waals surface area contributed by atoms with Crippen LogP contribution in [0.5, 0.6) is 0 Å². The summed E-state index contributed by atoms with van der Waals surface area (Å²) in [5.41, 5.74) is 6.31. The first-order valence-corrected chi connectivity index (χ1v) is 6.44. The largest absolute Gasteiger partial charge is 0.434 e. The Labute approximate surface area is 114 Å². The van der Waals surface area contributed by atoms with Gasteiger partial charge >= 0.3 is 6.18 Å². The molecule has 1 saturated carbocycles. The predicted molar refractivity (Wildman–Crippen MR) is 68.8 cm³/mol. The summed E-state index contributed by atoms with van der Waals surface area (Å²) in [4.78, 5) is 3.78. The molecule has 1 aromatic carbocycles. The molecule has 1 aliphatic carbocycles. The molecule has 0 unspecified atom stereocenters. The van der Waals surface area contributed by atoms with Gasteiger partial charge in [-0.25, -0.2) is 4.98 Å². The molecule has 0 spiro atoms. The summed E-state index contributed by atoms with van der Waals surface area (Å²) < 4.78 is 40.1. The van der Waals surface area contributed by atoms with Gasteiger partial charge < -0.3 is 10.3 Å². The molecule has 0 aliphatic heterocycles. The lowest BCUT2D eigenvalue weighted by Crippen LogP contribution is -2.05. The summed E-state index contributed by atoms with van der Waals surface area (Å²) in [6.07, 6.45) is -1.49. The third-order valence-electron chi connectivity index (χ3n) is 3.41. The van der Waals surface area contributed by atoms with E-state index in [-0.39, 0.29) is 6.04 Å². The van der Waals surface area contributed by atoms with Crippen LogP contribution in [0.3, 0.4) is 0 Å². The molecule has 2 N–H and O–H groups in total. The summed E-state index contributed by atoms with van der Waals surface area (Å²) in [5.74, 6) is 0.378. The zero-order chi connectivity index (χ0) is 14.3. The first kappa shape index (κ1) is 13.2. The van der Waals surface area contributed by atoms with Crippen molar-refractivity contribution in [2.45, 2.75) is 31.6 Å². The molecule has 0 radical (unpaired) electrons. The Hall–Kier alpha value is -1.82. The van der Waals surface area contributed by atoms with Crippen LogP contribution in [0.4, 0.5) is 13.2 Å². The zero-order valence-electron chi connectivity index (χ0n) is 10.7. The molecule has 3 rings (SSSR count). The highest BCUT2D eigenvalue weighted by Gasteiger charge is 2.37. The molecule has 1 fully saturated rings. The van der Waals surface area contributed by atoms with Crippen LogP contribution in [0.25, 0.3) is 11.4 Å². The number of hydrogen-bond acceptors (Lipinski definition) is 2. The molecule has 0 amide bonds. The average molecular weight is 281 g/mol. The van der Waals surface area contributed by atoms with Crippen molar-refractivity contribution in [1.82, 2.24) is 9.55 Å². The number of imidazole rings is 1. The molecule has 3 nitrogen and oxygen atoms in total. The minimum atomic E-state index is -4.41. The van der Waals surface area contributed by atoms with Gasteiger partial charge in [-0.15, -0.1) is 0 Å². The van der Waals surface area contributed by atoms with E-state index in [1.54, 1.807) is 16.7 Å². The maximum atomic E-state index is 12.8. The second-order valence-electron chi connectivity index (χ2n) is 4.99. The van der Waals surface area contributed by atoms with Crippen LogP contribution < -0.4 is 5.73 Å². The van der Waals surface area contributed by atoms with Gasteiger partial charge in [-0.05, 0) is 18.4 Å². The Morgan fingerprint density at radius 2 is 1.85 bits per heavy atom. The van der Waals surface area contributed by atoms with Crippen LogP contribution in [0.15, 0.2) is 30.5 Å². The van der Waals surface area contributed by atoms with E-state index in [2.05, 4.69) is 4.98 Å². The van der Waals surface area contributed by atoms with Gasteiger partial charge in [-0.1, -0.05) is 24.3 Å². The van der Waals surface area contributed by atoms with E-state index >= 15 is 0 Å². The average Bonchev–Trinajstić information content (AvgIpc) is 3.16. The number of aromatic nitrogens is 2. The van der Waals surface area contributed by atoms with Crippen molar-refractivity contribution in [1.29, 1.82) is 0 Å². The van der Waals surface area contributed by atoms with Crippen LogP contribution in [0, 0.1) is 0 Å². The fraction of sp³-hybridized carbons (Fsp3) is 0.357. The minimum absolute atomic E-state index is 0.141. The standard InChI is InChI=1S/C14H14F3N3/c15-14(16,17)12-8-20(11-5-6-11)13(19-12)10-3-1-9(7-18)2-4-10/h1-4,8,11H,5-7,18H2. The summed E-state index contributed by atoms with van der Waals surface area (Å²) in [5, 5.41) is 0. The molecular formula is C14H14F3N3.